The first-order valence-corrected chi connectivity index (χ1v) is 13.3. The Balaban J connectivity index is 1.55. The second kappa shape index (κ2) is 9.20. The lowest BCUT2D eigenvalue weighted by molar-refractivity contribution is -0.146. The minimum atomic E-state index is -0.858. The Morgan fingerprint density at radius 1 is 1.14 bits per heavy atom. The number of cyclic esters (lactones) is 1. The Kier molecular flexibility index (Phi) is 6.11. The molecule has 8 nitrogen and oxygen atoms in total. The number of hydrogen-bond donors (Lipinski definition) is 1. The van der Waals surface area contributed by atoms with Gasteiger partial charge in [0, 0.05) is 54.1 Å². The number of pyridine rings is 2. The zero-order chi connectivity index (χ0) is 25.9. The maximum Gasteiger partial charge on any atom is 0.307 e. The predicted octanol–water partition coefficient (Wildman–Crippen LogP) is 2.91. The zero-order valence-corrected chi connectivity index (χ0v) is 22.0. The molecule has 0 radical (unpaired) electrons. The Labute approximate surface area is 220 Å². The molecule has 1 aromatic carbocycles. The first kappa shape index (κ1) is 24.6. The van der Waals surface area contributed by atoms with Gasteiger partial charge in [0.25, 0.3) is 5.56 Å². The minimum Gasteiger partial charge on any atom is -0.461 e. The molecule has 1 fully saturated rings. The molecule has 3 aliphatic heterocycles. The number of halogens is 1. The first-order valence-electron chi connectivity index (χ1n) is 12.9. The molecule has 1 saturated heterocycles. The number of carbonyl (C=O) groups excluding carboxylic acids is 1. The quantitative estimate of drug-likeness (QED) is 0.412. The van der Waals surface area contributed by atoms with Crippen molar-refractivity contribution in [3.05, 3.63) is 61.9 Å². The van der Waals surface area contributed by atoms with Crippen LogP contribution < -0.4 is 5.56 Å². The van der Waals surface area contributed by atoms with E-state index >= 15 is 0 Å². The van der Waals surface area contributed by atoms with Gasteiger partial charge in [-0.1, -0.05) is 24.6 Å². The molecule has 1 N–H and O–H groups in total. The lowest BCUT2D eigenvalue weighted by Crippen LogP contribution is -2.44. The van der Waals surface area contributed by atoms with Crippen molar-refractivity contribution in [2.24, 2.45) is 0 Å². The van der Waals surface area contributed by atoms with Crippen molar-refractivity contribution in [1.82, 2.24) is 19.4 Å². The maximum absolute atomic E-state index is 13.9. The normalized spacial score (nSPS) is 21.9. The van der Waals surface area contributed by atoms with Gasteiger partial charge in [-0.15, -0.1) is 0 Å². The summed E-state index contributed by atoms with van der Waals surface area (Å²) in [5, 5.41) is 12.1. The third-order valence-electron chi connectivity index (χ3n) is 8.52. The second-order valence-corrected chi connectivity index (χ2v) is 11.0. The molecule has 1 unspecified atom stereocenters. The summed E-state index contributed by atoms with van der Waals surface area (Å²) >= 11 is 6.37. The molecule has 0 aliphatic carbocycles. The third kappa shape index (κ3) is 3.98. The predicted molar refractivity (Wildman–Crippen MR) is 142 cm³/mol. The van der Waals surface area contributed by atoms with Crippen LogP contribution in [0.4, 0.5) is 0 Å². The van der Waals surface area contributed by atoms with Crippen molar-refractivity contribution in [1.29, 1.82) is 0 Å². The largest absolute Gasteiger partial charge is 0.461 e. The van der Waals surface area contributed by atoms with Gasteiger partial charge in [-0.2, -0.15) is 0 Å². The zero-order valence-electron chi connectivity index (χ0n) is 21.2. The number of likely N-dealkylation sites (N-methyl/N-ethyl adjacent to an activating group) is 1. The highest BCUT2D eigenvalue weighted by atomic mass is 35.5. The number of hydrogen-bond acceptors (Lipinski definition) is 7. The Morgan fingerprint density at radius 2 is 1.92 bits per heavy atom. The van der Waals surface area contributed by atoms with Crippen LogP contribution in [-0.2, 0) is 34.6 Å². The standard InChI is InChI=1S/C28H31ClN4O4/c1-3-28(16-34)12-25(35)37-15-21-22(28)11-24-26-20(14-33(24)27(21)36)19(13-32-8-6-31(2)7-9-32)18-5-4-17(29)10-23(18)30-26/h4-5,10-11,34H,3,6-9,12-16H2,1-2H3. The van der Waals surface area contributed by atoms with E-state index in [1.807, 2.05) is 31.2 Å². The Bertz CT molecular complexity index is 1470. The topological polar surface area (TPSA) is 87.9 Å². The number of aromatic nitrogens is 2. The number of aliphatic hydroxyl groups excluding tert-OH is 1. The number of rotatable bonds is 4. The van der Waals surface area contributed by atoms with Crippen molar-refractivity contribution >= 4 is 28.5 Å². The van der Waals surface area contributed by atoms with Gasteiger partial charge in [-0.05, 0) is 42.8 Å². The van der Waals surface area contributed by atoms with Crippen LogP contribution >= 0.6 is 11.6 Å². The molecule has 37 heavy (non-hydrogen) atoms. The van der Waals surface area contributed by atoms with Crippen molar-refractivity contribution in [2.75, 3.05) is 39.8 Å². The number of carbonyl (C=O) groups is 1. The summed E-state index contributed by atoms with van der Waals surface area (Å²) in [7, 11) is 2.14. The summed E-state index contributed by atoms with van der Waals surface area (Å²) in [4.78, 5) is 36.1. The van der Waals surface area contributed by atoms with E-state index in [-0.39, 0.29) is 25.2 Å². The van der Waals surface area contributed by atoms with E-state index < -0.39 is 11.4 Å². The van der Waals surface area contributed by atoms with Crippen LogP contribution in [0, 0.1) is 0 Å². The number of nitrogens with zero attached hydrogens (tertiary/aromatic N) is 4. The number of benzene rings is 1. The van der Waals surface area contributed by atoms with Gasteiger partial charge in [0.05, 0.1) is 42.0 Å². The van der Waals surface area contributed by atoms with Gasteiger partial charge in [-0.3, -0.25) is 14.5 Å². The molecule has 5 heterocycles. The fourth-order valence-corrected chi connectivity index (χ4v) is 6.26. The number of esters is 1. The monoisotopic (exact) mass is 522 g/mol. The van der Waals surface area contributed by atoms with Gasteiger partial charge in [-0.25, -0.2) is 4.98 Å². The Morgan fingerprint density at radius 3 is 2.65 bits per heavy atom. The first-order chi connectivity index (χ1) is 17.8. The SMILES string of the molecule is CCC1(CO)CC(=O)OCc2c1cc1n(c2=O)Cc2c-1nc1cc(Cl)ccc1c2CN1CCN(C)CC1. The van der Waals surface area contributed by atoms with Crippen LogP contribution in [-0.4, -0.2) is 70.3 Å². The van der Waals surface area contributed by atoms with E-state index in [9.17, 15) is 14.7 Å². The fourth-order valence-electron chi connectivity index (χ4n) is 6.10. The van der Waals surface area contributed by atoms with Crippen LogP contribution in [0.5, 0.6) is 0 Å². The van der Waals surface area contributed by atoms with E-state index in [1.165, 1.54) is 5.56 Å². The molecule has 3 aliphatic rings. The number of fused-ring (bicyclic) bond motifs is 5. The van der Waals surface area contributed by atoms with Gasteiger partial charge in [0.1, 0.15) is 6.61 Å². The van der Waals surface area contributed by atoms with Crippen molar-refractivity contribution < 1.29 is 14.6 Å². The van der Waals surface area contributed by atoms with Gasteiger partial charge < -0.3 is 19.3 Å². The molecule has 0 saturated carbocycles. The van der Waals surface area contributed by atoms with E-state index in [0.717, 1.165) is 60.6 Å². The molecular formula is C28H31ClN4O4. The fraction of sp³-hybridized carbons (Fsp3) is 0.464. The van der Waals surface area contributed by atoms with Crippen LogP contribution in [0.15, 0.2) is 29.1 Å². The summed E-state index contributed by atoms with van der Waals surface area (Å²) in [5.74, 6) is -0.398. The molecular weight excluding hydrogens is 492 g/mol. The number of aliphatic hydroxyl groups is 1. The van der Waals surface area contributed by atoms with E-state index in [1.54, 1.807) is 4.57 Å². The van der Waals surface area contributed by atoms with E-state index in [0.29, 0.717) is 29.1 Å². The molecule has 2 aromatic heterocycles. The third-order valence-corrected chi connectivity index (χ3v) is 8.75. The van der Waals surface area contributed by atoms with E-state index in [4.69, 9.17) is 21.3 Å². The molecule has 0 amide bonds. The lowest BCUT2D eigenvalue weighted by Gasteiger charge is -2.33. The molecule has 6 rings (SSSR count). The summed E-state index contributed by atoms with van der Waals surface area (Å²) in [6.45, 7) is 6.78. The smallest absolute Gasteiger partial charge is 0.307 e. The lowest BCUT2D eigenvalue weighted by atomic mass is 9.74. The molecule has 0 bridgehead atoms. The molecule has 0 spiro atoms. The number of piperazine rings is 1. The average Bonchev–Trinajstić information content (AvgIpc) is 3.18. The second-order valence-electron chi connectivity index (χ2n) is 10.6. The van der Waals surface area contributed by atoms with Crippen molar-refractivity contribution in [3.63, 3.8) is 0 Å². The molecule has 3 aromatic rings. The highest BCUT2D eigenvalue weighted by molar-refractivity contribution is 6.31. The van der Waals surface area contributed by atoms with Gasteiger partial charge in [0.2, 0.25) is 0 Å². The Hall–Kier alpha value is -2.78. The summed E-state index contributed by atoms with van der Waals surface area (Å²) < 4.78 is 7.16. The highest BCUT2D eigenvalue weighted by Crippen LogP contribution is 2.42. The van der Waals surface area contributed by atoms with Crippen LogP contribution in [0.2, 0.25) is 5.02 Å². The maximum atomic E-state index is 13.9. The average molecular weight is 523 g/mol. The molecule has 9 heteroatoms. The summed E-state index contributed by atoms with van der Waals surface area (Å²) in [5.41, 5.74) is 4.63. The van der Waals surface area contributed by atoms with Gasteiger partial charge in [0.15, 0.2) is 0 Å². The number of ether oxygens (including phenoxy) is 1. The van der Waals surface area contributed by atoms with Crippen molar-refractivity contribution in [3.8, 4) is 11.4 Å². The molecule has 1 atom stereocenters. The minimum absolute atomic E-state index is 0.0398. The van der Waals surface area contributed by atoms with Crippen LogP contribution in [0.25, 0.3) is 22.3 Å². The van der Waals surface area contributed by atoms with E-state index in [2.05, 4.69) is 16.8 Å². The van der Waals surface area contributed by atoms with Crippen LogP contribution in [0.3, 0.4) is 0 Å². The summed E-state index contributed by atoms with van der Waals surface area (Å²) in [6, 6.07) is 7.77. The van der Waals surface area contributed by atoms with Gasteiger partial charge >= 0.3 is 5.97 Å². The van der Waals surface area contributed by atoms with Crippen molar-refractivity contribution in [2.45, 2.75) is 44.9 Å². The highest BCUT2D eigenvalue weighted by Gasteiger charge is 2.41. The molecule has 194 valence electrons. The summed E-state index contributed by atoms with van der Waals surface area (Å²) in [6.07, 6.45) is 0.551. The van der Waals surface area contributed by atoms with Crippen LogP contribution in [0.1, 0.15) is 42.0 Å².